The Morgan fingerprint density at radius 3 is 2.50 bits per heavy atom. The molecule has 0 N–H and O–H groups in total. The first kappa shape index (κ1) is 12.1. The van der Waals surface area contributed by atoms with Crippen molar-refractivity contribution in [1.82, 2.24) is 0 Å². The predicted molar refractivity (Wildman–Crippen MR) is 76.1 cm³/mol. The van der Waals surface area contributed by atoms with Crippen LogP contribution in [-0.2, 0) is 25.2 Å². The van der Waals surface area contributed by atoms with Gasteiger partial charge >= 0.3 is 0 Å². The van der Waals surface area contributed by atoms with Crippen molar-refractivity contribution in [2.75, 3.05) is 0 Å². The van der Waals surface area contributed by atoms with E-state index in [9.17, 15) is 8.78 Å². The highest BCUT2D eigenvalue weighted by Gasteiger charge is 2.41. The van der Waals surface area contributed by atoms with E-state index in [0.717, 1.165) is 53.5 Å². The van der Waals surface area contributed by atoms with Gasteiger partial charge in [0.05, 0.1) is 0 Å². The molecule has 2 aromatic carbocycles. The van der Waals surface area contributed by atoms with Crippen LogP contribution in [0.15, 0.2) is 36.4 Å². The van der Waals surface area contributed by atoms with E-state index in [1.807, 2.05) is 30.3 Å². The number of halogens is 2. The van der Waals surface area contributed by atoms with E-state index < -0.39 is 5.92 Å². The zero-order valence-electron chi connectivity index (χ0n) is 11.3. The molecule has 0 saturated heterocycles. The van der Waals surface area contributed by atoms with Crippen molar-refractivity contribution < 1.29 is 8.78 Å². The highest BCUT2D eigenvalue weighted by atomic mass is 19.3. The SMILES string of the molecule is FC1(F)Cc2ccccc2-c2ccc3c(c21)CCCC3. The molecule has 2 aliphatic carbocycles. The van der Waals surface area contributed by atoms with Gasteiger partial charge < -0.3 is 0 Å². The van der Waals surface area contributed by atoms with Crippen LogP contribution < -0.4 is 0 Å². The third-order valence-corrected chi connectivity index (χ3v) is 4.62. The number of rotatable bonds is 0. The smallest absolute Gasteiger partial charge is 0.201 e. The Bertz CT molecular complexity index is 686. The van der Waals surface area contributed by atoms with Gasteiger partial charge in [0.1, 0.15) is 0 Å². The molecule has 0 fully saturated rings. The van der Waals surface area contributed by atoms with Crippen LogP contribution in [-0.4, -0.2) is 0 Å². The van der Waals surface area contributed by atoms with Gasteiger partial charge in [-0.05, 0) is 53.5 Å². The lowest BCUT2D eigenvalue weighted by Crippen LogP contribution is -2.26. The first-order valence-electron chi connectivity index (χ1n) is 7.28. The van der Waals surface area contributed by atoms with Crippen molar-refractivity contribution in [2.45, 2.75) is 38.0 Å². The van der Waals surface area contributed by atoms with Gasteiger partial charge in [-0.2, -0.15) is 0 Å². The Morgan fingerprint density at radius 1 is 0.800 bits per heavy atom. The standard InChI is InChI=1S/C18H16F2/c19-18(20)11-13-6-2-3-7-14(13)16-10-9-12-5-1-4-8-15(12)17(16)18/h2-3,6-7,9-10H,1,4-5,8,11H2. The molecule has 102 valence electrons. The molecule has 0 radical (unpaired) electrons. The first-order chi connectivity index (χ1) is 9.67. The Hall–Kier alpha value is -1.70. The third-order valence-electron chi connectivity index (χ3n) is 4.62. The zero-order chi connectivity index (χ0) is 13.7. The van der Waals surface area contributed by atoms with Gasteiger partial charge in [0, 0.05) is 12.0 Å². The molecular weight excluding hydrogens is 254 g/mol. The van der Waals surface area contributed by atoms with Gasteiger partial charge in [-0.25, -0.2) is 8.78 Å². The molecule has 4 rings (SSSR count). The second-order valence-electron chi connectivity index (χ2n) is 5.87. The second kappa shape index (κ2) is 4.15. The molecule has 0 atom stereocenters. The van der Waals surface area contributed by atoms with Crippen LogP contribution in [0.5, 0.6) is 0 Å². The largest absolute Gasteiger partial charge is 0.278 e. The minimum absolute atomic E-state index is 0.160. The van der Waals surface area contributed by atoms with E-state index in [1.54, 1.807) is 0 Å². The normalized spacial score (nSPS) is 18.9. The maximum absolute atomic E-state index is 14.7. The molecule has 0 bridgehead atoms. The van der Waals surface area contributed by atoms with E-state index in [2.05, 4.69) is 6.07 Å². The fraction of sp³-hybridized carbons (Fsp3) is 0.333. The van der Waals surface area contributed by atoms with E-state index >= 15 is 0 Å². The maximum Gasteiger partial charge on any atom is 0.278 e. The maximum atomic E-state index is 14.7. The number of aryl methyl sites for hydroxylation is 1. The summed E-state index contributed by atoms with van der Waals surface area (Å²) in [5.74, 6) is -2.73. The van der Waals surface area contributed by atoms with Crippen molar-refractivity contribution in [3.05, 3.63) is 58.7 Å². The number of hydrogen-bond donors (Lipinski definition) is 0. The average Bonchev–Trinajstić information content (AvgIpc) is 2.46. The van der Waals surface area contributed by atoms with Crippen LogP contribution in [0.4, 0.5) is 8.78 Å². The summed E-state index contributed by atoms with van der Waals surface area (Å²) in [6, 6.07) is 11.5. The summed E-state index contributed by atoms with van der Waals surface area (Å²) in [7, 11) is 0. The van der Waals surface area contributed by atoms with Gasteiger partial charge in [-0.15, -0.1) is 0 Å². The fourth-order valence-electron chi connectivity index (χ4n) is 3.73. The van der Waals surface area contributed by atoms with Gasteiger partial charge in [-0.3, -0.25) is 0 Å². The lowest BCUT2D eigenvalue weighted by Gasteiger charge is -2.32. The second-order valence-corrected chi connectivity index (χ2v) is 5.87. The first-order valence-corrected chi connectivity index (χ1v) is 7.28. The van der Waals surface area contributed by atoms with Crippen LogP contribution in [0.2, 0.25) is 0 Å². The number of benzene rings is 2. The Labute approximate surface area is 117 Å². The summed E-state index contributed by atoms with van der Waals surface area (Å²) >= 11 is 0. The topological polar surface area (TPSA) is 0 Å². The van der Waals surface area contributed by atoms with E-state index in [1.165, 1.54) is 0 Å². The summed E-state index contributed by atoms with van der Waals surface area (Å²) in [4.78, 5) is 0. The molecule has 0 aromatic heterocycles. The molecule has 0 amide bonds. The molecule has 0 heterocycles. The zero-order valence-corrected chi connectivity index (χ0v) is 11.3. The average molecular weight is 270 g/mol. The molecule has 0 spiro atoms. The molecule has 0 unspecified atom stereocenters. The highest BCUT2D eigenvalue weighted by Crippen LogP contribution is 2.48. The lowest BCUT2D eigenvalue weighted by atomic mass is 9.76. The predicted octanol–water partition coefficient (Wildman–Crippen LogP) is 4.88. The lowest BCUT2D eigenvalue weighted by molar-refractivity contribution is -0.00588. The van der Waals surface area contributed by atoms with E-state index in [4.69, 9.17) is 0 Å². The van der Waals surface area contributed by atoms with E-state index in [-0.39, 0.29) is 6.42 Å². The molecule has 20 heavy (non-hydrogen) atoms. The highest BCUT2D eigenvalue weighted by molar-refractivity contribution is 5.76. The Kier molecular flexibility index (Phi) is 2.50. The van der Waals surface area contributed by atoms with Gasteiger partial charge in [0.25, 0.3) is 5.92 Å². The van der Waals surface area contributed by atoms with Crippen LogP contribution in [0.1, 0.15) is 35.1 Å². The van der Waals surface area contributed by atoms with Crippen LogP contribution in [0, 0.1) is 0 Å². The van der Waals surface area contributed by atoms with Crippen LogP contribution in [0.25, 0.3) is 11.1 Å². The third kappa shape index (κ3) is 1.64. The van der Waals surface area contributed by atoms with Crippen LogP contribution in [0.3, 0.4) is 0 Å². The molecular formula is C18H16F2. The number of alkyl halides is 2. The molecule has 0 saturated carbocycles. The Balaban J connectivity index is 2.04. The Morgan fingerprint density at radius 2 is 1.60 bits per heavy atom. The minimum atomic E-state index is -2.73. The molecule has 0 nitrogen and oxygen atoms in total. The van der Waals surface area contributed by atoms with Crippen molar-refractivity contribution in [3.8, 4) is 11.1 Å². The quantitative estimate of drug-likeness (QED) is 0.640. The summed E-state index contributed by atoms with van der Waals surface area (Å²) < 4.78 is 29.3. The summed E-state index contributed by atoms with van der Waals surface area (Å²) in [6.07, 6.45) is 3.73. The van der Waals surface area contributed by atoms with Crippen molar-refractivity contribution >= 4 is 0 Å². The van der Waals surface area contributed by atoms with Gasteiger partial charge in [0.2, 0.25) is 0 Å². The molecule has 2 aromatic rings. The fourth-order valence-corrected chi connectivity index (χ4v) is 3.73. The summed E-state index contributed by atoms with van der Waals surface area (Å²) in [6.45, 7) is 0. The molecule has 2 heteroatoms. The van der Waals surface area contributed by atoms with Crippen molar-refractivity contribution in [1.29, 1.82) is 0 Å². The molecule has 0 aliphatic heterocycles. The van der Waals surface area contributed by atoms with Crippen molar-refractivity contribution in [2.24, 2.45) is 0 Å². The van der Waals surface area contributed by atoms with Gasteiger partial charge in [-0.1, -0.05) is 36.4 Å². The minimum Gasteiger partial charge on any atom is -0.201 e. The summed E-state index contributed by atoms with van der Waals surface area (Å²) in [5.41, 5.74) is 4.87. The number of hydrogen-bond acceptors (Lipinski definition) is 0. The van der Waals surface area contributed by atoms with Crippen LogP contribution >= 0.6 is 0 Å². The van der Waals surface area contributed by atoms with Gasteiger partial charge in [0.15, 0.2) is 0 Å². The van der Waals surface area contributed by atoms with Crippen molar-refractivity contribution in [3.63, 3.8) is 0 Å². The molecule has 2 aliphatic rings. The summed E-state index contributed by atoms with van der Waals surface area (Å²) in [5, 5.41) is 0. The number of fused-ring (bicyclic) bond motifs is 5. The van der Waals surface area contributed by atoms with E-state index in [0.29, 0.717) is 5.56 Å². The monoisotopic (exact) mass is 270 g/mol.